The summed E-state index contributed by atoms with van der Waals surface area (Å²) in [4.78, 5) is 19.8. The van der Waals surface area contributed by atoms with Crippen molar-refractivity contribution in [2.75, 3.05) is 13.1 Å². The molecule has 118 valence electrons. The molecule has 0 spiro atoms. The number of carbonyl (C=O) groups excluding carboxylic acids is 1. The van der Waals surface area contributed by atoms with Crippen molar-refractivity contribution in [3.8, 4) is 0 Å². The van der Waals surface area contributed by atoms with Gasteiger partial charge in [-0.2, -0.15) is 0 Å². The zero-order valence-electron chi connectivity index (χ0n) is 13.7. The van der Waals surface area contributed by atoms with Crippen molar-refractivity contribution < 1.29 is 4.79 Å². The highest BCUT2D eigenvalue weighted by molar-refractivity contribution is 5.95. The van der Waals surface area contributed by atoms with Gasteiger partial charge in [0, 0.05) is 19.3 Å². The zero-order valence-corrected chi connectivity index (χ0v) is 13.7. The highest BCUT2D eigenvalue weighted by Crippen LogP contribution is 2.24. The molecule has 3 heterocycles. The molecule has 0 radical (unpaired) electrons. The average molecular weight is 299 g/mol. The fourth-order valence-corrected chi connectivity index (χ4v) is 3.66. The van der Waals surface area contributed by atoms with Crippen molar-refractivity contribution in [2.45, 2.75) is 40.0 Å². The largest absolute Gasteiger partial charge is 0.337 e. The summed E-state index contributed by atoms with van der Waals surface area (Å²) < 4.78 is 1.96. The third kappa shape index (κ3) is 2.74. The van der Waals surface area contributed by atoms with Gasteiger partial charge in [0.15, 0.2) is 0 Å². The molecule has 1 amide bonds. The highest BCUT2D eigenvalue weighted by Gasteiger charge is 2.29. The number of nitrogens with zero attached hydrogens (tertiary/aromatic N) is 3. The smallest absolute Gasteiger partial charge is 0.272 e. The van der Waals surface area contributed by atoms with Crippen molar-refractivity contribution in [1.82, 2.24) is 14.3 Å². The zero-order chi connectivity index (χ0) is 15.7. The predicted octanol–water partition coefficient (Wildman–Crippen LogP) is 3.40. The third-order valence-electron chi connectivity index (χ3n) is 4.45. The second kappa shape index (κ2) is 6.11. The molecule has 0 N–H and O–H groups in total. The number of likely N-dealkylation sites (tertiary alicyclic amines) is 1. The number of carbonyl (C=O) groups is 1. The van der Waals surface area contributed by atoms with Gasteiger partial charge in [-0.25, -0.2) is 4.98 Å². The molecule has 2 aromatic rings. The van der Waals surface area contributed by atoms with Crippen LogP contribution >= 0.6 is 0 Å². The first-order chi connectivity index (χ1) is 10.6. The Bertz CT molecular complexity index is 666. The monoisotopic (exact) mass is 299 g/mol. The first-order valence-electron chi connectivity index (χ1n) is 8.35. The molecule has 4 nitrogen and oxygen atoms in total. The van der Waals surface area contributed by atoms with Crippen LogP contribution in [0.2, 0.25) is 0 Å². The van der Waals surface area contributed by atoms with Crippen LogP contribution < -0.4 is 0 Å². The quantitative estimate of drug-likeness (QED) is 0.871. The number of imidazole rings is 1. The lowest BCUT2D eigenvalue weighted by Gasteiger charge is -2.35. The van der Waals surface area contributed by atoms with Crippen LogP contribution in [0.1, 0.15) is 49.8 Å². The van der Waals surface area contributed by atoms with Crippen molar-refractivity contribution in [2.24, 2.45) is 11.8 Å². The Morgan fingerprint density at radius 2 is 2.00 bits per heavy atom. The van der Waals surface area contributed by atoms with Crippen LogP contribution in [0.3, 0.4) is 0 Å². The molecule has 0 aromatic carbocycles. The molecular weight excluding hydrogens is 274 g/mol. The van der Waals surface area contributed by atoms with Gasteiger partial charge in [-0.1, -0.05) is 33.3 Å². The Morgan fingerprint density at radius 1 is 1.27 bits per heavy atom. The van der Waals surface area contributed by atoms with E-state index in [1.165, 1.54) is 6.42 Å². The minimum Gasteiger partial charge on any atom is -0.337 e. The topological polar surface area (TPSA) is 37.6 Å². The maximum absolute atomic E-state index is 13.1. The first-order valence-corrected chi connectivity index (χ1v) is 8.35. The van der Waals surface area contributed by atoms with E-state index in [1.54, 1.807) is 0 Å². The second-order valence-corrected chi connectivity index (χ2v) is 6.74. The van der Waals surface area contributed by atoms with Crippen LogP contribution in [-0.4, -0.2) is 33.3 Å². The lowest BCUT2D eigenvalue weighted by atomic mass is 9.91. The standard InChI is InChI=1S/C18H25N3O/c1-4-7-15-17(21-9-6-5-8-16(21)19-15)18(22)20-11-13(2)10-14(3)12-20/h5-6,8-9,13-14H,4,7,10-12H2,1-3H3. The minimum absolute atomic E-state index is 0.139. The van der Waals surface area contributed by atoms with Gasteiger partial charge in [-0.15, -0.1) is 0 Å². The number of aryl methyl sites for hydroxylation is 1. The summed E-state index contributed by atoms with van der Waals surface area (Å²) in [7, 11) is 0. The van der Waals surface area contributed by atoms with Crippen LogP contribution in [-0.2, 0) is 6.42 Å². The Kier molecular flexibility index (Phi) is 4.19. The molecule has 2 unspecified atom stereocenters. The van der Waals surface area contributed by atoms with Gasteiger partial charge in [-0.05, 0) is 36.8 Å². The lowest BCUT2D eigenvalue weighted by molar-refractivity contribution is 0.0615. The van der Waals surface area contributed by atoms with Crippen LogP contribution in [0.5, 0.6) is 0 Å². The SMILES string of the molecule is CCCc1nc2ccccn2c1C(=O)N1CC(C)CC(C)C1. The fraction of sp³-hybridized carbons (Fsp3) is 0.556. The molecule has 22 heavy (non-hydrogen) atoms. The Morgan fingerprint density at radius 3 is 2.68 bits per heavy atom. The molecule has 1 saturated heterocycles. The molecule has 1 fully saturated rings. The molecule has 0 bridgehead atoms. The summed E-state index contributed by atoms with van der Waals surface area (Å²) in [5.41, 5.74) is 2.57. The number of piperidine rings is 1. The summed E-state index contributed by atoms with van der Waals surface area (Å²) in [6.45, 7) is 8.31. The Hall–Kier alpha value is -1.84. The Balaban J connectivity index is 2.00. The first kappa shape index (κ1) is 15.1. The number of rotatable bonds is 3. The number of hydrogen-bond acceptors (Lipinski definition) is 2. The second-order valence-electron chi connectivity index (χ2n) is 6.74. The van der Waals surface area contributed by atoms with Crippen LogP contribution in [0.4, 0.5) is 0 Å². The molecule has 2 atom stereocenters. The van der Waals surface area contributed by atoms with E-state index in [1.807, 2.05) is 33.7 Å². The number of hydrogen-bond donors (Lipinski definition) is 0. The summed E-state index contributed by atoms with van der Waals surface area (Å²) >= 11 is 0. The van der Waals surface area contributed by atoms with Gasteiger partial charge in [-0.3, -0.25) is 9.20 Å². The van der Waals surface area contributed by atoms with Gasteiger partial charge < -0.3 is 4.90 Å². The molecular formula is C18H25N3O. The molecule has 3 rings (SSSR count). The van der Waals surface area contributed by atoms with Crippen molar-refractivity contribution in [1.29, 1.82) is 0 Å². The van der Waals surface area contributed by atoms with Crippen molar-refractivity contribution >= 4 is 11.6 Å². The van der Waals surface area contributed by atoms with E-state index in [-0.39, 0.29) is 5.91 Å². The molecule has 0 saturated carbocycles. The van der Waals surface area contributed by atoms with E-state index >= 15 is 0 Å². The van der Waals surface area contributed by atoms with Gasteiger partial charge in [0.05, 0.1) is 5.69 Å². The summed E-state index contributed by atoms with van der Waals surface area (Å²) in [6, 6.07) is 5.90. The molecule has 2 aromatic heterocycles. The van der Waals surface area contributed by atoms with E-state index in [9.17, 15) is 4.79 Å². The summed E-state index contributed by atoms with van der Waals surface area (Å²) in [5, 5.41) is 0. The maximum atomic E-state index is 13.1. The van der Waals surface area contributed by atoms with E-state index in [0.29, 0.717) is 11.8 Å². The van der Waals surface area contributed by atoms with Crippen LogP contribution in [0.15, 0.2) is 24.4 Å². The van der Waals surface area contributed by atoms with E-state index in [0.717, 1.165) is 43.0 Å². The van der Waals surface area contributed by atoms with Crippen LogP contribution in [0, 0.1) is 11.8 Å². The van der Waals surface area contributed by atoms with E-state index < -0.39 is 0 Å². The average Bonchev–Trinajstić information content (AvgIpc) is 2.84. The van der Waals surface area contributed by atoms with Crippen LogP contribution in [0.25, 0.3) is 5.65 Å². The summed E-state index contributed by atoms with van der Waals surface area (Å²) in [5.74, 6) is 1.28. The van der Waals surface area contributed by atoms with Gasteiger partial charge in [0.2, 0.25) is 0 Å². The Labute approximate surface area is 132 Å². The summed E-state index contributed by atoms with van der Waals surface area (Å²) in [6.07, 6.45) is 5.00. The van der Waals surface area contributed by atoms with E-state index in [2.05, 4.69) is 25.8 Å². The normalized spacial score (nSPS) is 22.2. The maximum Gasteiger partial charge on any atom is 0.272 e. The van der Waals surface area contributed by atoms with Gasteiger partial charge in [0.1, 0.15) is 11.3 Å². The van der Waals surface area contributed by atoms with Gasteiger partial charge >= 0.3 is 0 Å². The predicted molar refractivity (Wildman–Crippen MR) is 88.0 cm³/mol. The lowest BCUT2D eigenvalue weighted by Crippen LogP contribution is -2.43. The minimum atomic E-state index is 0.139. The number of amides is 1. The third-order valence-corrected chi connectivity index (χ3v) is 4.45. The molecule has 4 heteroatoms. The number of pyridine rings is 1. The number of aromatic nitrogens is 2. The van der Waals surface area contributed by atoms with Crippen molar-refractivity contribution in [3.63, 3.8) is 0 Å². The van der Waals surface area contributed by atoms with Gasteiger partial charge in [0.25, 0.3) is 5.91 Å². The number of fused-ring (bicyclic) bond motifs is 1. The molecule has 0 aliphatic carbocycles. The molecule has 1 aliphatic heterocycles. The van der Waals surface area contributed by atoms with Crippen molar-refractivity contribution in [3.05, 3.63) is 35.8 Å². The fourth-order valence-electron chi connectivity index (χ4n) is 3.66. The molecule has 1 aliphatic rings. The highest BCUT2D eigenvalue weighted by atomic mass is 16.2. The van der Waals surface area contributed by atoms with E-state index in [4.69, 9.17) is 0 Å².